The molecular weight excluding hydrogens is 362 g/mol. The molecule has 6 heteroatoms. The molecule has 0 atom stereocenters. The Morgan fingerprint density at radius 3 is 2.59 bits per heavy atom. The summed E-state index contributed by atoms with van der Waals surface area (Å²) in [6, 6.07) is 12.3. The fourth-order valence-corrected chi connectivity index (χ4v) is 5.24. The first-order valence-electron chi connectivity index (χ1n) is 9.20. The molecule has 144 valence electrons. The van der Waals surface area contributed by atoms with Crippen LogP contribution in [0.3, 0.4) is 0 Å². The normalized spacial score (nSPS) is 14.9. The molecule has 1 fully saturated rings. The number of hydrogen-bond acceptors (Lipinski definition) is 4. The lowest BCUT2D eigenvalue weighted by atomic mass is 10.1. The topological polar surface area (TPSA) is 72.5 Å². The summed E-state index contributed by atoms with van der Waals surface area (Å²) in [5.41, 5.74) is 2.47. The van der Waals surface area contributed by atoms with Gasteiger partial charge in [-0.05, 0) is 62.1 Å². The van der Waals surface area contributed by atoms with Crippen LogP contribution in [0.4, 0.5) is 5.69 Å². The molecule has 1 saturated carbocycles. The van der Waals surface area contributed by atoms with Crippen molar-refractivity contribution in [1.29, 1.82) is 0 Å². The van der Waals surface area contributed by atoms with Crippen LogP contribution in [0.2, 0.25) is 0 Å². The Hall–Kier alpha value is -2.34. The second-order valence-corrected chi connectivity index (χ2v) is 9.31. The van der Waals surface area contributed by atoms with Gasteiger partial charge < -0.3 is 10.1 Å². The smallest absolute Gasteiger partial charge is 0.262 e. The quantitative estimate of drug-likeness (QED) is 0.812. The van der Waals surface area contributed by atoms with E-state index in [0.29, 0.717) is 24.3 Å². The Labute approximate surface area is 160 Å². The van der Waals surface area contributed by atoms with Crippen LogP contribution < -0.4 is 10.1 Å². The van der Waals surface area contributed by atoms with Crippen LogP contribution in [0.1, 0.15) is 36.8 Å². The van der Waals surface area contributed by atoms with Gasteiger partial charge in [0.05, 0.1) is 10.1 Å². The standard InChI is InChI=1S/C21H25NO4S/c1-15-10-11-16(2)20(12-15)26-14-21(23)22-17-6-5-9-19(13-17)27(24,25)18-7-3-4-8-18/h5-6,9-13,18H,3-4,7-8,14H2,1-2H3,(H,22,23). The van der Waals surface area contributed by atoms with Crippen molar-refractivity contribution in [2.45, 2.75) is 49.7 Å². The van der Waals surface area contributed by atoms with Crippen LogP contribution in [-0.2, 0) is 14.6 Å². The summed E-state index contributed by atoms with van der Waals surface area (Å²) in [7, 11) is -3.35. The van der Waals surface area contributed by atoms with E-state index in [1.165, 1.54) is 6.07 Å². The number of sulfone groups is 1. The number of aryl methyl sites for hydroxylation is 2. The first kappa shape index (κ1) is 19.4. The predicted octanol–water partition coefficient (Wildman–Crippen LogP) is 4.04. The highest BCUT2D eigenvalue weighted by Gasteiger charge is 2.30. The highest BCUT2D eigenvalue weighted by molar-refractivity contribution is 7.92. The van der Waals surface area contributed by atoms with Crippen LogP contribution in [0.5, 0.6) is 5.75 Å². The van der Waals surface area contributed by atoms with Crippen molar-refractivity contribution in [2.75, 3.05) is 11.9 Å². The van der Waals surface area contributed by atoms with Gasteiger partial charge in [-0.2, -0.15) is 0 Å². The van der Waals surface area contributed by atoms with E-state index < -0.39 is 9.84 Å². The molecule has 1 N–H and O–H groups in total. The molecule has 0 radical (unpaired) electrons. The summed E-state index contributed by atoms with van der Waals surface area (Å²) in [5, 5.41) is 2.41. The van der Waals surface area contributed by atoms with Crippen molar-refractivity contribution < 1.29 is 17.9 Å². The number of anilines is 1. The number of carbonyl (C=O) groups is 1. The highest BCUT2D eigenvalue weighted by Crippen LogP contribution is 2.30. The van der Waals surface area contributed by atoms with Gasteiger partial charge >= 0.3 is 0 Å². The summed E-state index contributed by atoms with van der Waals surface area (Å²) in [6.07, 6.45) is 3.33. The van der Waals surface area contributed by atoms with E-state index in [0.717, 1.165) is 24.0 Å². The van der Waals surface area contributed by atoms with Gasteiger partial charge in [0.25, 0.3) is 5.91 Å². The number of carbonyl (C=O) groups excluding carboxylic acids is 1. The van der Waals surface area contributed by atoms with Gasteiger partial charge in [0, 0.05) is 5.69 Å². The maximum atomic E-state index is 12.7. The zero-order valence-corrected chi connectivity index (χ0v) is 16.5. The molecule has 0 aromatic heterocycles. The fourth-order valence-electron chi connectivity index (χ4n) is 3.35. The zero-order chi connectivity index (χ0) is 19.4. The number of ether oxygens (including phenoxy) is 1. The molecule has 0 unspecified atom stereocenters. The van der Waals surface area contributed by atoms with Crippen LogP contribution in [0.25, 0.3) is 0 Å². The summed E-state index contributed by atoms with van der Waals surface area (Å²) >= 11 is 0. The van der Waals surface area contributed by atoms with Crippen molar-refractivity contribution in [3.63, 3.8) is 0 Å². The third kappa shape index (κ3) is 4.69. The van der Waals surface area contributed by atoms with E-state index in [1.54, 1.807) is 18.2 Å². The van der Waals surface area contributed by atoms with E-state index in [1.807, 2.05) is 32.0 Å². The number of amides is 1. The molecule has 2 aromatic carbocycles. The lowest BCUT2D eigenvalue weighted by molar-refractivity contribution is -0.118. The molecule has 1 aliphatic rings. The molecule has 1 amide bonds. The minimum absolute atomic E-state index is 0.135. The summed E-state index contributed by atoms with van der Waals surface area (Å²) in [5.74, 6) is 0.342. The predicted molar refractivity (Wildman–Crippen MR) is 106 cm³/mol. The van der Waals surface area contributed by atoms with E-state index in [9.17, 15) is 13.2 Å². The third-order valence-electron chi connectivity index (χ3n) is 4.89. The molecule has 5 nitrogen and oxygen atoms in total. The number of hydrogen-bond donors (Lipinski definition) is 1. The molecule has 0 spiro atoms. The van der Waals surface area contributed by atoms with E-state index in [4.69, 9.17) is 4.74 Å². The summed E-state index contributed by atoms with van der Waals surface area (Å²) in [6.45, 7) is 3.75. The average Bonchev–Trinajstić information content (AvgIpc) is 3.18. The van der Waals surface area contributed by atoms with Gasteiger partial charge in [-0.3, -0.25) is 4.79 Å². The average molecular weight is 388 g/mol. The molecule has 27 heavy (non-hydrogen) atoms. The SMILES string of the molecule is Cc1ccc(C)c(OCC(=O)Nc2cccc(S(=O)(=O)C3CCCC3)c2)c1. The summed E-state index contributed by atoms with van der Waals surface area (Å²) in [4.78, 5) is 12.5. The van der Waals surface area contributed by atoms with Crippen molar-refractivity contribution in [3.8, 4) is 5.75 Å². The molecule has 0 heterocycles. The lowest BCUT2D eigenvalue weighted by Gasteiger charge is -2.13. The number of nitrogens with one attached hydrogen (secondary N) is 1. The first-order valence-corrected chi connectivity index (χ1v) is 10.7. The van der Waals surface area contributed by atoms with Gasteiger partial charge in [-0.25, -0.2) is 8.42 Å². The van der Waals surface area contributed by atoms with Crippen molar-refractivity contribution in [1.82, 2.24) is 0 Å². The van der Waals surface area contributed by atoms with Crippen LogP contribution in [0, 0.1) is 13.8 Å². The Morgan fingerprint density at radius 2 is 1.85 bits per heavy atom. The zero-order valence-electron chi connectivity index (χ0n) is 15.7. The molecule has 0 bridgehead atoms. The van der Waals surface area contributed by atoms with Gasteiger partial charge in [0.1, 0.15) is 5.75 Å². The van der Waals surface area contributed by atoms with Crippen LogP contribution >= 0.6 is 0 Å². The first-order chi connectivity index (χ1) is 12.9. The molecule has 0 aliphatic heterocycles. The third-order valence-corrected chi connectivity index (χ3v) is 7.15. The van der Waals surface area contributed by atoms with Crippen molar-refractivity contribution >= 4 is 21.4 Å². The number of rotatable bonds is 6. The molecular formula is C21H25NO4S. The second-order valence-electron chi connectivity index (χ2n) is 7.09. The van der Waals surface area contributed by atoms with E-state index >= 15 is 0 Å². The second kappa shape index (κ2) is 8.13. The number of benzene rings is 2. The van der Waals surface area contributed by atoms with E-state index in [-0.39, 0.29) is 22.7 Å². The summed E-state index contributed by atoms with van der Waals surface area (Å²) < 4.78 is 31.0. The molecule has 3 rings (SSSR count). The Balaban J connectivity index is 1.65. The van der Waals surface area contributed by atoms with Gasteiger partial charge in [0.2, 0.25) is 0 Å². The molecule has 0 saturated heterocycles. The minimum atomic E-state index is -3.35. The molecule has 2 aromatic rings. The van der Waals surface area contributed by atoms with Gasteiger partial charge in [-0.15, -0.1) is 0 Å². The van der Waals surface area contributed by atoms with Gasteiger partial charge in [-0.1, -0.05) is 31.0 Å². The maximum Gasteiger partial charge on any atom is 0.262 e. The van der Waals surface area contributed by atoms with Crippen LogP contribution in [-0.4, -0.2) is 26.2 Å². The maximum absolute atomic E-state index is 12.7. The highest BCUT2D eigenvalue weighted by atomic mass is 32.2. The van der Waals surface area contributed by atoms with E-state index in [2.05, 4.69) is 5.32 Å². The Kier molecular flexibility index (Phi) is 5.85. The lowest BCUT2D eigenvalue weighted by Crippen LogP contribution is -2.21. The Morgan fingerprint density at radius 1 is 1.11 bits per heavy atom. The minimum Gasteiger partial charge on any atom is -0.483 e. The largest absolute Gasteiger partial charge is 0.483 e. The monoisotopic (exact) mass is 387 g/mol. The van der Waals surface area contributed by atoms with Crippen LogP contribution in [0.15, 0.2) is 47.4 Å². The van der Waals surface area contributed by atoms with Crippen molar-refractivity contribution in [2.24, 2.45) is 0 Å². The Bertz CT molecular complexity index is 931. The fraction of sp³-hybridized carbons (Fsp3) is 0.381. The van der Waals surface area contributed by atoms with Gasteiger partial charge in [0.15, 0.2) is 16.4 Å². The van der Waals surface area contributed by atoms with Crippen molar-refractivity contribution in [3.05, 3.63) is 53.6 Å². The molecule has 1 aliphatic carbocycles.